The molecule has 5 nitrogen and oxygen atoms in total. The van der Waals surface area contributed by atoms with E-state index in [0.717, 1.165) is 17.8 Å². The Hall–Kier alpha value is -2.56. The van der Waals surface area contributed by atoms with Crippen molar-refractivity contribution in [2.75, 3.05) is 17.2 Å². The number of nitrogen functional groups attached to an aromatic ring is 1. The minimum absolute atomic E-state index is 0.0443. The lowest BCUT2D eigenvalue weighted by atomic mass is 10.1. The van der Waals surface area contributed by atoms with Gasteiger partial charge in [-0.1, -0.05) is 23.8 Å². The monoisotopic (exact) mass is 285 g/mol. The standard InChI is InChI=1S/C16H19N3O2/c1-3-18(14-7-4-12(2)5-8-14)11-13-6-9-16(19(20)21)15(17)10-13/h4-10H,3,11,17H2,1-2H3. The van der Waals surface area contributed by atoms with Gasteiger partial charge in [-0.05, 0) is 37.6 Å². The molecular formula is C16H19N3O2. The summed E-state index contributed by atoms with van der Waals surface area (Å²) in [5.41, 5.74) is 9.20. The maximum Gasteiger partial charge on any atom is 0.292 e. The van der Waals surface area contributed by atoms with Crippen molar-refractivity contribution in [3.8, 4) is 0 Å². The van der Waals surface area contributed by atoms with E-state index in [0.29, 0.717) is 6.54 Å². The van der Waals surface area contributed by atoms with Crippen molar-refractivity contribution in [2.24, 2.45) is 0 Å². The van der Waals surface area contributed by atoms with Gasteiger partial charge in [0.1, 0.15) is 5.69 Å². The lowest BCUT2D eigenvalue weighted by Gasteiger charge is -2.23. The van der Waals surface area contributed by atoms with Crippen molar-refractivity contribution in [2.45, 2.75) is 20.4 Å². The van der Waals surface area contributed by atoms with Crippen LogP contribution in [0, 0.1) is 17.0 Å². The molecule has 110 valence electrons. The summed E-state index contributed by atoms with van der Waals surface area (Å²) >= 11 is 0. The van der Waals surface area contributed by atoms with Gasteiger partial charge in [-0.15, -0.1) is 0 Å². The molecule has 0 aliphatic rings. The van der Waals surface area contributed by atoms with E-state index in [2.05, 4.69) is 43.0 Å². The van der Waals surface area contributed by atoms with Crippen molar-refractivity contribution in [1.82, 2.24) is 0 Å². The molecule has 2 N–H and O–H groups in total. The van der Waals surface area contributed by atoms with Gasteiger partial charge >= 0.3 is 0 Å². The fourth-order valence-corrected chi connectivity index (χ4v) is 2.23. The van der Waals surface area contributed by atoms with Gasteiger partial charge in [-0.3, -0.25) is 10.1 Å². The van der Waals surface area contributed by atoms with Crippen LogP contribution < -0.4 is 10.6 Å². The molecule has 0 aliphatic heterocycles. The fraction of sp³-hybridized carbons (Fsp3) is 0.250. The number of aryl methyl sites for hydroxylation is 1. The fourth-order valence-electron chi connectivity index (χ4n) is 2.23. The predicted molar refractivity (Wildman–Crippen MR) is 85.4 cm³/mol. The summed E-state index contributed by atoms with van der Waals surface area (Å²) < 4.78 is 0. The zero-order valence-corrected chi connectivity index (χ0v) is 12.2. The topological polar surface area (TPSA) is 72.4 Å². The molecule has 0 bridgehead atoms. The molecule has 0 unspecified atom stereocenters. The van der Waals surface area contributed by atoms with Crippen LogP contribution in [0.5, 0.6) is 0 Å². The highest BCUT2D eigenvalue weighted by Crippen LogP contribution is 2.24. The number of nitrogens with zero attached hydrogens (tertiary/aromatic N) is 2. The van der Waals surface area contributed by atoms with E-state index in [9.17, 15) is 10.1 Å². The summed E-state index contributed by atoms with van der Waals surface area (Å²) in [5, 5.41) is 10.8. The first-order chi connectivity index (χ1) is 10.0. The Labute approximate surface area is 124 Å². The van der Waals surface area contributed by atoms with Gasteiger partial charge < -0.3 is 10.6 Å². The van der Waals surface area contributed by atoms with E-state index >= 15 is 0 Å². The second-order valence-corrected chi connectivity index (χ2v) is 5.00. The van der Waals surface area contributed by atoms with Crippen molar-refractivity contribution >= 4 is 17.1 Å². The van der Waals surface area contributed by atoms with Crippen molar-refractivity contribution in [3.63, 3.8) is 0 Å². The van der Waals surface area contributed by atoms with Crippen LogP contribution in [0.2, 0.25) is 0 Å². The molecule has 0 aromatic heterocycles. The zero-order valence-electron chi connectivity index (χ0n) is 12.2. The average molecular weight is 285 g/mol. The lowest BCUT2D eigenvalue weighted by molar-refractivity contribution is -0.383. The summed E-state index contributed by atoms with van der Waals surface area (Å²) in [6.45, 7) is 5.65. The largest absolute Gasteiger partial charge is 0.393 e. The molecule has 2 rings (SSSR count). The van der Waals surface area contributed by atoms with Crippen molar-refractivity contribution < 1.29 is 4.92 Å². The SMILES string of the molecule is CCN(Cc1ccc([N+](=O)[O-])c(N)c1)c1ccc(C)cc1. The zero-order chi connectivity index (χ0) is 15.4. The third-order valence-corrected chi connectivity index (χ3v) is 3.44. The van der Waals surface area contributed by atoms with Crippen LogP contribution in [-0.4, -0.2) is 11.5 Å². The lowest BCUT2D eigenvalue weighted by Crippen LogP contribution is -2.22. The predicted octanol–water partition coefficient (Wildman–Crippen LogP) is 3.51. The van der Waals surface area contributed by atoms with Gasteiger partial charge in [0.15, 0.2) is 0 Å². The summed E-state index contributed by atoms with van der Waals surface area (Å²) in [7, 11) is 0. The number of nitro groups is 1. The summed E-state index contributed by atoms with van der Waals surface area (Å²) in [6.07, 6.45) is 0. The van der Waals surface area contributed by atoms with Crippen LogP contribution in [0.3, 0.4) is 0 Å². The summed E-state index contributed by atoms with van der Waals surface area (Å²) in [4.78, 5) is 12.5. The van der Waals surface area contributed by atoms with Gasteiger partial charge in [-0.25, -0.2) is 0 Å². The maximum absolute atomic E-state index is 10.8. The minimum atomic E-state index is -0.462. The number of anilines is 2. The molecule has 0 radical (unpaired) electrons. The third kappa shape index (κ3) is 3.51. The van der Waals surface area contributed by atoms with Crippen LogP contribution in [0.1, 0.15) is 18.1 Å². The van der Waals surface area contributed by atoms with Gasteiger partial charge in [0.05, 0.1) is 4.92 Å². The Balaban J connectivity index is 2.20. The van der Waals surface area contributed by atoms with E-state index in [1.807, 2.05) is 0 Å². The van der Waals surface area contributed by atoms with E-state index in [1.54, 1.807) is 12.1 Å². The van der Waals surface area contributed by atoms with Crippen LogP contribution in [0.15, 0.2) is 42.5 Å². The molecule has 21 heavy (non-hydrogen) atoms. The van der Waals surface area contributed by atoms with Crippen molar-refractivity contribution in [3.05, 3.63) is 63.7 Å². The highest BCUT2D eigenvalue weighted by molar-refractivity contribution is 5.60. The molecule has 0 fully saturated rings. The first-order valence-corrected chi connectivity index (χ1v) is 6.85. The highest BCUT2D eigenvalue weighted by atomic mass is 16.6. The molecule has 0 saturated heterocycles. The molecule has 5 heteroatoms. The molecule has 0 aliphatic carbocycles. The number of rotatable bonds is 5. The minimum Gasteiger partial charge on any atom is -0.393 e. The Bertz CT molecular complexity index is 638. The number of hydrogen-bond donors (Lipinski definition) is 1. The molecule has 2 aromatic rings. The van der Waals surface area contributed by atoms with Gasteiger partial charge in [0.2, 0.25) is 0 Å². The molecule has 0 spiro atoms. The molecule has 0 amide bonds. The summed E-state index contributed by atoms with van der Waals surface area (Å²) in [6, 6.07) is 13.2. The van der Waals surface area contributed by atoms with Crippen LogP contribution in [0.4, 0.5) is 17.1 Å². The van der Waals surface area contributed by atoms with Crippen LogP contribution in [-0.2, 0) is 6.54 Å². The first-order valence-electron chi connectivity index (χ1n) is 6.85. The average Bonchev–Trinajstić information content (AvgIpc) is 2.45. The number of nitro benzene ring substituents is 1. The third-order valence-electron chi connectivity index (χ3n) is 3.44. The molecule has 0 saturated carbocycles. The van der Waals surface area contributed by atoms with Gasteiger partial charge in [-0.2, -0.15) is 0 Å². The van der Waals surface area contributed by atoms with Crippen molar-refractivity contribution in [1.29, 1.82) is 0 Å². The van der Waals surface area contributed by atoms with Crippen LogP contribution >= 0.6 is 0 Å². The second-order valence-electron chi connectivity index (χ2n) is 5.00. The summed E-state index contributed by atoms with van der Waals surface area (Å²) in [5.74, 6) is 0. The van der Waals surface area contributed by atoms with Gasteiger partial charge in [0, 0.05) is 24.8 Å². The first kappa shape index (κ1) is 14.8. The maximum atomic E-state index is 10.8. The normalized spacial score (nSPS) is 10.4. The Morgan fingerprint density at radius 1 is 1.19 bits per heavy atom. The van der Waals surface area contributed by atoms with E-state index in [-0.39, 0.29) is 11.4 Å². The number of nitrogens with two attached hydrogens (primary N) is 1. The molecular weight excluding hydrogens is 266 g/mol. The molecule has 2 aromatic carbocycles. The smallest absolute Gasteiger partial charge is 0.292 e. The van der Waals surface area contributed by atoms with E-state index < -0.39 is 4.92 Å². The number of benzene rings is 2. The Morgan fingerprint density at radius 3 is 2.38 bits per heavy atom. The highest BCUT2D eigenvalue weighted by Gasteiger charge is 2.12. The number of hydrogen-bond acceptors (Lipinski definition) is 4. The quantitative estimate of drug-likeness (QED) is 0.518. The second kappa shape index (κ2) is 6.26. The van der Waals surface area contributed by atoms with Crippen LogP contribution in [0.25, 0.3) is 0 Å². The Morgan fingerprint density at radius 2 is 1.86 bits per heavy atom. The Kier molecular flexibility index (Phi) is 4.42. The van der Waals surface area contributed by atoms with Gasteiger partial charge in [0.25, 0.3) is 5.69 Å². The van der Waals surface area contributed by atoms with E-state index in [1.165, 1.54) is 11.6 Å². The molecule has 0 atom stereocenters. The van der Waals surface area contributed by atoms with E-state index in [4.69, 9.17) is 5.73 Å². The molecule has 0 heterocycles.